The van der Waals surface area contributed by atoms with Gasteiger partial charge in [0.15, 0.2) is 0 Å². The van der Waals surface area contributed by atoms with E-state index in [1.165, 1.54) is 0 Å². The molecule has 0 spiro atoms. The molecule has 0 bridgehead atoms. The Balaban J connectivity index is 2.11. The summed E-state index contributed by atoms with van der Waals surface area (Å²) in [6.07, 6.45) is 1.67. The molecule has 0 saturated carbocycles. The summed E-state index contributed by atoms with van der Waals surface area (Å²) in [7, 11) is 0. The van der Waals surface area contributed by atoms with E-state index in [2.05, 4.69) is 20.3 Å². The van der Waals surface area contributed by atoms with Crippen molar-refractivity contribution in [2.75, 3.05) is 13.1 Å². The highest BCUT2D eigenvalue weighted by atomic mass is 16.1. The molecule has 17 heavy (non-hydrogen) atoms. The molecule has 0 aliphatic heterocycles. The van der Waals surface area contributed by atoms with Crippen LogP contribution in [0.1, 0.15) is 10.4 Å². The number of carbonyl (C=O) groups is 1. The molecule has 1 heterocycles. The number of aromatic amines is 1. The molecule has 6 nitrogen and oxygen atoms in total. The lowest BCUT2D eigenvalue weighted by molar-refractivity contribution is 0.0956. The van der Waals surface area contributed by atoms with Crippen molar-refractivity contribution in [1.29, 1.82) is 0 Å². The second-order valence-corrected chi connectivity index (χ2v) is 3.46. The quantitative estimate of drug-likeness (QED) is 0.357. The zero-order valence-corrected chi connectivity index (χ0v) is 9.05. The number of H-pyrrole nitrogens is 1. The second kappa shape index (κ2) is 5.05. The van der Waals surface area contributed by atoms with Gasteiger partial charge < -0.3 is 10.3 Å². The normalized spacial score (nSPS) is 9.88. The van der Waals surface area contributed by atoms with Gasteiger partial charge in [-0.25, -0.2) is 0 Å². The average Bonchev–Trinajstić information content (AvgIpc) is 2.78. The van der Waals surface area contributed by atoms with E-state index in [0.717, 1.165) is 10.9 Å². The summed E-state index contributed by atoms with van der Waals surface area (Å²) in [6, 6.07) is 7.58. The van der Waals surface area contributed by atoms with E-state index >= 15 is 0 Å². The van der Waals surface area contributed by atoms with Gasteiger partial charge in [-0.05, 0) is 11.6 Å². The monoisotopic (exact) mass is 229 g/mol. The van der Waals surface area contributed by atoms with Gasteiger partial charge in [-0.1, -0.05) is 23.3 Å². The molecule has 0 aliphatic rings. The van der Waals surface area contributed by atoms with Gasteiger partial charge in [-0.15, -0.1) is 0 Å². The highest BCUT2D eigenvalue weighted by Gasteiger charge is 2.10. The van der Waals surface area contributed by atoms with Crippen LogP contribution in [0.2, 0.25) is 0 Å². The van der Waals surface area contributed by atoms with Gasteiger partial charge in [0.1, 0.15) is 0 Å². The fourth-order valence-corrected chi connectivity index (χ4v) is 1.62. The summed E-state index contributed by atoms with van der Waals surface area (Å²) in [4.78, 5) is 17.5. The molecule has 0 fully saturated rings. The highest BCUT2D eigenvalue weighted by molar-refractivity contribution is 6.06. The molecule has 2 aromatic rings. The topological polar surface area (TPSA) is 93.7 Å². The molecule has 0 unspecified atom stereocenters. The lowest BCUT2D eigenvalue weighted by atomic mass is 10.1. The van der Waals surface area contributed by atoms with Crippen molar-refractivity contribution in [3.8, 4) is 0 Å². The Kier molecular flexibility index (Phi) is 3.28. The third-order valence-electron chi connectivity index (χ3n) is 2.39. The summed E-state index contributed by atoms with van der Waals surface area (Å²) in [6.45, 7) is 0.590. The molecular formula is C11H11N5O. The first kappa shape index (κ1) is 11.0. The number of carbonyl (C=O) groups excluding carboxylic acids is 1. The van der Waals surface area contributed by atoms with E-state index in [0.29, 0.717) is 12.1 Å². The van der Waals surface area contributed by atoms with Crippen molar-refractivity contribution in [1.82, 2.24) is 10.3 Å². The minimum absolute atomic E-state index is 0.171. The van der Waals surface area contributed by atoms with E-state index in [1.807, 2.05) is 24.3 Å². The SMILES string of the molecule is [N-]=[N+]=NCCNC(=O)c1c[nH]c2ccccc12. The summed E-state index contributed by atoms with van der Waals surface area (Å²) in [5.74, 6) is -0.171. The largest absolute Gasteiger partial charge is 0.360 e. The fraction of sp³-hybridized carbons (Fsp3) is 0.182. The Morgan fingerprint density at radius 1 is 1.47 bits per heavy atom. The molecule has 1 aromatic heterocycles. The Morgan fingerprint density at radius 3 is 3.12 bits per heavy atom. The van der Waals surface area contributed by atoms with Gasteiger partial charge in [-0.2, -0.15) is 0 Å². The number of benzene rings is 1. The predicted octanol–water partition coefficient (Wildman–Crippen LogP) is 2.21. The zero-order valence-electron chi connectivity index (χ0n) is 9.05. The minimum atomic E-state index is -0.171. The zero-order chi connectivity index (χ0) is 12.1. The first-order valence-electron chi connectivity index (χ1n) is 5.18. The Hall–Kier alpha value is -2.46. The van der Waals surface area contributed by atoms with E-state index in [1.54, 1.807) is 6.20 Å². The standard InChI is InChI=1S/C11H11N5O/c12-16-15-6-5-13-11(17)9-7-14-10-4-2-1-3-8(9)10/h1-4,7,14H,5-6H2,(H,13,17). The third-order valence-corrected chi connectivity index (χ3v) is 2.39. The number of hydrogen-bond donors (Lipinski definition) is 2. The number of fused-ring (bicyclic) bond motifs is 1. The fourth-order valence-electron chi connectivity index (χ4n) is 1.62. The van der Waals surface area contributed by atoms with Crippen molar-refractivity contribution in [3.63, 3.8) is 0 Å². The smallest absolute Gasteiger partial charge is 0.253 e. The maximum atomic E-state index is 11.8. The second-order valence-electron chi connectivity index (χ2n) is 3.46. The number of hydrogen-bond acceptors (Lipinski definition) is 2. The van der Waals surface area contributed by atoms with Crippen LogP contribution in [0.25, 0.3) is 21.3 Å². The lowest BCUT2D eigenvalue weighted by Gasteiger charge is -2.01. The van der Waals surface area contributed by atoms with Crippen molar-refractivity contribution < 1.29 is 4.79 Å². The average molecular weight is 229 g/mol. The Bertz CT molecular complexity index is 582. The molecule has 0 atom stereocenters. The van der Waals surface area contributed by atoms with Gasteiger partial charge in [0.25, 0.3) is 5.91 Å². The van der Waals surface area contributed by atoms with Gasteiger partial charge in [0.05, 0.1) is 5.56 Å². The van der Waals surface area contributed by atoms with Gasteiger partial charge in [-0.3, -0.25) is 4.79 Å². The summed E-state index contributed by atoms with van der Waals surface area (Å²) in [5, 5.41) is 6.92. The summed E-state index contributed by atoms with van der Waals surface area (Å²) >= 11 is 0. The van der Waals surface area contributed by atoms with Crippen LogP contribution in [0.3, 0.4) is 0 Å². The molecule has 1 amide bonds. The van der Waals surface area contributed by atoms with Crippen molar-refractivity contribution in [3.05, 3.63) is 46.5 Å². The molecule has 2 N–H and O–H groups in total. The summed E-state index contributed by atoms with van der Waals surface area (Å²) in [5.41, 5.74) is 9.62. The van der Waals surface area contributed by atoms with Crippen LogP contribution in [0.4, 0.5) is 0 Å². The molecule has 0 aliphatic carbocycles. The predicted molar refractivity (Wildman–Crippen MR) is 64.6 cm³/mol. The first-order chi connectivity index (χ1) is 8.33. The molecule has 2 rings (SSSR count). The molecule has 0 radical (unpaired) electrons. The van der Waals surface area contributed by atoms with Gasteiger partial charge >= 0.3 is 0 Å². The van der Waals surface area contributed by atoms with Crippen LogP contribution in [0.5, 0.6) is 0 Å². The molecule has 86 valence electrons. The van der Waals surface area contributed by atoms with Crippen LogP contribution in [-0.2, 0) is 0 Å². The van der Waals surface area contributed by atoms with Crippen LogP contribution in [-0.4, -0.2) is 24.0 Å². The van der Waals surface area contributed by atoms with Crippen LogP contribution in [0, 0.1) is 0 Å². The molecule has 0 saturated heterocycles. The van der Waals surface area contributed by atoms with E-state index in [4.69, 9.17) is 5.53 Å². The number of rotatable bonds is 4. The molecule has 1 aromatic carbocycles. The number of azide groups is 1. The first-order valence-corrected chi connectivity index (χ1v) is 5.18. The molecule has 6 heteroatoms. The molecular weight excluding hydrogens is 218 g/mol. The van der Waals surface area contributed by atoms with Crippen LogP contribution in [0.15, 0.2) is 35.6 Å². The number of aromatic nitrogens is 1. The van der Waals surface area contributed by atoms with Gasteiger partial charge in [0.2, 0.25) is 0 Å². The minimum Gasteiger partial charge on any atom is -0.360 e. The number of nitrogens with zero attached hydrogens (tertiary/aromatic N) is 3. The van der Waals surface area contributed by atoms with E-state index in [-0.39, 0.29) is 12.5 Å². The number of nitrogens with one attached hydrogen (secondary N) is 2. The van der Waals surface area contributed by atoms with Crippen LogP contribution < -0.4 is 5.32 Å². The van der Waals surface area contributed by atoms with E-state index in [9.17, 15) is 4.79 Å². The van der Waals surface area contributed by atoms with Crippen molar-refractivity contribution >= 4 is 16.8 Å². The van der Waals surface area contributed by atoms with E-state index < -0.39 is 0 Å². The van der Waals surface area contributed by atoms with Gasteiger partial charge in [0, 0.05) is 35.1 Å². The Morgan fingerprint density at radius 2 is 2.29 bits per heavy atom. The third kappa shape index (κ3) is 2.38. The van der Waals surface area contributed by atoms with Crippen LogP contribution >= 0.6 is 0 Å². The van der Waals surface area contributed by atoms with Crippen molar-refractivity contribution in [2.45, 2.75) is 0 Å². The number of para-hydroxylation sites is 1. The lowest BCUT2D eigenvalue weighted by Crippen LogP contribution is -2.25. The Labute approximate surface area is 97.3 Å². The number of amides is 1. The summed E-state index contributed by atoms with van der Waals surface area (Å²) < 4.78 is 0. The maximum Gasteiger partial charge on any atom is 0.253 e. The maximum absolute atomic E-state index is 11.8. The highest BCUT2D eigenvalue weighted by Crippen LogP contribution is 2.17. The van der Waals surface area contributed by atoms with Crippen molar-refractivity contribution in [2.24, 2.45) is 5.11 Å².